The maximum atomic E-state index is 13.6. The van der Waals surface area contributed by atoms with Crippen molar-refractivity contribution in [2.24, 2.45) is 5.92 Å². The Labute approximate surface area is 133 Å². The number of anilines is 1. The number of ether oxygens (including phenoxy) is 1. The van der Waals surface area contributed by atoms with Crippen molar-refractivity contribution in [2.75, 3.05) is 11.9 Å². The first kappa shape index (κ1) is 15.5. The Kier molecular flexibility index (Phi) is 4.57. The molecule has 1 aliphatic rings. The molecule has 1 saturated carbocycles. The van der Waals surface area contributed by atoms with Gasteiger partial charge in [-0.3, -0.25) is 4.79 Å². The lowest BCUT2D eigenvalue weighted by atomic mass is 10.1. The molecule has 1 fully saturated rings. The molecule has 0 radical (unpaired) electrons. The van der Waals surface area contributed by atoms with E-state index in [9.17, 15) is 14.3 Å². The monoisotopic (exact) mass is 315 g/mol. The highest BCUT2D eigenvalue weighted by Crippen LogP contribution is 2.30. The van der Waals surface area contributed by atoms with Gasteiger partial charge in [-0.1, -0.05) is 24.3 Å². The van der Waals surface area contributed by atoms with Crippen LogP contribution in [0.4, 0.5) is 10.1 Å². The Balaban J connectivity index is 1.59. The van der Waals surface area contributed by atoms with Gasteiger partial charge in [0.1, 0.15) is 24.3 Å². The first-order valence-electron chi connectivity index (χ1n) is 7.59. The second-order valence-electron chi connectivity index (χ2n) is 5.64. The number of aliphatic hydroxyl groups excluding tert-OH is 1. The van der Waals surface area contributed by atoms with Crippen LogP contribution in [0, 0.1) is 11.7 Å². The number of carbonyl (C=O) groups excluding carboxylic acids is 1. The van der Waals surface area contributed by atoms with E-state index in [-0.39, 0.29) is 24.0 Å². The predicted octanol–water partition coefficient (Wildman–Crippen LogP) is 3.29. The van der Waals surface area contributed by atoms with Crippen molar-refractivity contribution in [3.8, 4) is 5.75 Å². The molecule has 0 spiro atoms. The Hall–Kier alpha value is -2.40. The number of nitrogens with one attached hydrogen (secondary N) is 1. The summed E-state index contributed by atoms with van der Waals surface area (Å²) in [6.45, 7) is -0.0685. The van der Waals surface area contributed by atoms with Crippen LogP contribution in [0.25, 0.3) is 0 Å². The molecule has 120 valence electrons. The molecule has 0 aliphatic heterocycles. The number of halogens is 1. The van der Waals surface area contributed by atoms with Crippen LogP contribution in [0.15, 0.2) is 48.5 Å². The summed E-state index contributed by atoms with van der Waals surface area (Å²) in [6.07, 6.45) is 0.828. The van der Waals surface area contributed by atoms with E-state index in [0.717, 1.165) is 12.8 Å². The van der Waals surface area contributed by atoms with Gasteiger partial charge in [-0.05, 0) is 31.0 Å². The van der Waals surface area contributed by atoms with Gasteiger partial charge in [-0.2, -0.15) is 0 Å². The average Bonchev–Trinajstić information content (AvgIpc) is 3.38. The standard InChI is InChI=1S/C18H18FNO3/c19-16-7-2-1-6-15(16)17(21)11-23-14-5-3-4-13(10-14)20-18(22)12-8-9-12/h1-7,10,12,17,21H,8-9,11H2,(H,20,22). The Bertz CT molecular complexity index is 700. The van der Waals surface area contributed by atoms with Crippen LogP contribution in [0.5, 0.6) is 5.75 Å². The molecule has 1 amide bonds. The lowest BCUT2D eigenvalue weighted by Crippen LogP contribution is -2.14. The Morgan fingerprint density at radius 3 is 2.78 bits per heavy atom. The number of aliphatic hydroxyl groups is 1. The molecule has 4 nitrogen and oxygen atoms in total. The normalized spacial score (nSPS) is 15.0. The molecule has 0 heterocycles. The van der Waals surface area contributed by atoms with Crippen LogP contribution in [0.3, 0.4) is 0 Å². The van der Waals surface area contributed by atoms with Gasteiger partial charge in [-0.15, -0.1) is 0 Å². The summed E-state index contributed by atoms with van der Waals surface area (Å²) in [7, 11) is 0. The van der Waals surface area contributed by atoms with E-state index in [1.54, 1.807) is 36.4 Å². The van der Waals surface area contributed by atoms with Crippen LogP contribution in [0.2, 0.25) is 0 Å². The zero-order valence-corrected chi connectivity index (χ0v) is 12.5. The zero-order valence-electron chi connectivity index (χ0n) is 12.5. The second kappa shape index (κ2) is 6.79. The number of benzene rings is 2. The minimum Gasteiger partial charge on any atom is -0.490 e. The summed E-state index contributed by atoms with van der Waals surface area (Å²) in [5.41, 5.74) is 0.852. The molecule has 5 heteroatoms. The number of rotatable bonds is 6. The lowest BCUT2D eigenvalue weighted by Gasteiger charge is -2.14. The fourth-order valence-electron chi connectivity index (χ4n) is 2.26. The highest BCUT2D eigenvalue weighted by molar-refractivity contribution is 5.94. The van der Waals surface area contributed by atoms with E-state index < -0.39 is 11.9 Å². The van der Waals surface area contributed by atoms with Crippen molar-refractivity contribution in [3.05, 3.63) is 59.9 Å². The molecule has 0 bridgehead atoms. The van der Waals surface area contributed by atoms with Crippen LogP contribution in [-0.2, 0) is 4.79 Å². The maximum absolute atomic E-state index is 13.6. The van der Waals surface area contributed by atoms with Crippen LogP contribution >= 0.6 is 0 Å². The molecule has 23 heavy (non-hydrogen) atoms. The predicted molar refractivity (Wildman–Crippen MR) is 84.7 cm³/mol. The molecule has 2 aromatic rings. The van der Waals surface area contributed by atoms with E-state index in [0.29, 0.717) is 11.4 Å². The number of hydrogen-bond donors (Lipinski definition) is 2. The second-order valence-corrected chi connectivity index (χ2v) is 5.64. The van der Waals surface area contributed by atoms with Crippen molar-refractivity contribution in [2.45, 2.75) is 18.9 Å². The molecular weight excluding hydrogens is 297 g/mol. The largest absolute Gasteiger partial charge is 0.490 e. The molecule has 3 rings (SSSR count). The first-order chi connectivity index (χ1) is 11.1. The van der Waals surface area contributed by atoms with E-state index in [4.69, 9.17) is 4.74 Å². The first-order valence-corrected chi connectivity index (χ1v) is 7.59. The van der Waals surface area contributed by atoms with Gasteiger partial charge >= 0.3 is 0 Å². The Morgan fingerprint density at radius 2 is 2.04 bits per heavy atom. The van der Waals surface area contributed by atoms with Gasteiger partial charge < -0.3 is 15.2 Å². The van der Waals surface area contributed by atoms with Crippen LogP contribution < -0.4 is 10.1 Å². The highest BCUT2D eigenvalue weighted by Gasteiger charge is 2.29. The van der Waals surface area contributed by atoms with Crippen molar-refractivity contribution in [1.82, 2.24) is 0 Å². The average molecular weight is 315 g/mol. The van der Waals surface area contributed by atoms with Gasteiger partial charge in [-0.25, -0.2) is 4.39 Å². The van der Waals surface area contributed by atoms with E-state index in [1.807, 2.05) is 0 Å². The van der Waals surface area contributed by atoms with E-state index in [1.165, 1.54) is 12.1 Å². The number of amides is 1. The fraction of sp³-hybridized carbons (Fsp3) is 0.278. The summed E-state index contributed by atoms with van der Waals surface area (Å²) in [4.78, 5) is 11.7. The molecule has 2 N–H and O–H groups in total. The van der Waals surface area contributed by atoms with E-state index >= 15 is 0 Å². The zero-order chi connectivity index (χ0) is 16.2. The Morgan fingerprint density at radius 1 is 1.26 bits per heavy atom. The molecule has 1 aliphatic carbocycles. The van der Waals surface area contributed by atoms with Crippen LogP contribution in [0.1, 0.15) is 24.5 Å². The summed E-state index contributed by atoms with van der Waals surface area (Å²) < 4.78 is 19.1. The maximum Gasteiger partial charge on any atom is 0.227 e. The van der Waals surface area contributed by atoms with Gasteiger partial charge in [0, 0.05) is 23.2 Å². The summed E-state index contributed by atoms with van der Waals surface area (Å²) in [5, 5.41) is 12.9. The third kappa shape index (κ3) is 4.07. The van der Waals surface area contributed by atoms with Crippen molar-refractivity contribution in [1.29, 1.82) is 0 Å². The van der Waals surface area contributed by atoms with Crippen molar-refractivity contribution >= 4 is 11.6 Å². The fourth-order valence-corrected chi connectivity index (χ4v) is 2.26. The van der Waals surface area contributed by atoms with Crippen LogP contribution in [-0.4, -0.2) is 17.6 Å². The SMILES string of the molecule is O=C(Nc1cccc(OCC(O)c2ccccc2F)c1)C1CC1. The third-order valence-electron chi connectivity index (χ3n) is 3.72. The topological polar surface area (TPSA) is 58.6 Å². The highest BCUT2D eigenvalue weighted by atomic mass is 19.1. The lowest BCUT2D eigenvalue weighted by molar-refractivity contribution is -0.117. The summed E-state index contributed by atoms with van der Waals surface area (Å²) in [6, 6.07) is 13.0. The molecule has 2 aromatic carbocycles. The molecule has 0 saturated heterocycles. The summed E-state index contributed by atoms with van der Waals surface area (Å²) in [5.74, 6) is 0.194. The van der Waals surface area contributed by atoms with Gasteiger partial charge in [0.05, 0.1) is 0 Å². The van der Waals surface area contributed by atoms with Gasteiger partial charge in [0.25, 0.3) is 0 Å². The molecule has 0 aromatic heterocycles. The molecule has 1 unspecified atom stereocenters. The summed E-state index contributed by atoms with van der Waals surface area (Å²) >= 11 is 0. The van der Waals surface area contributed by atoms with Crippen molar-refractivity contribution in [3.63, 3.8) is 0 Å². The smallest absolute Gasteiger partial charge is 0.227 e. The van der Waals surface area contributed by atoms with Gasteiger partial charge in [0.2, 0.25) is 5.91 Å². The number of hydrogen-bond acceptors (Lipinski definition) is 3. The molecular formula is C18H18FNO3. The number of carbonyl (C=O) groups is 1. The third-order valence-corrected chi connectivity index (χ3v) is 3.72. The van der Waals surface area contributed by atoms with Gasteiger partial charge in [0.15, 0.2) is 0 Å². The van der Waals surface area contributed by atoms with Crippen molar-refractivity contribution < 1.29 is 19.0 Å². The van der Waals surface area contributed by atoms with E-state index in [2.05, 4.69) is 5.32 Å². The minimum atomic E-state index is -1.05. The molecule has 1 atom stereocenters. The quantitative estimate of drug-likeness (QED) is 0.860. The minimum absolute atomic E-state index is 0.0218.